The number of carbonyl (C=O) groups is 2. The van der Waals surface area contributed by atoms with Gasteiger partial charge in [0.1, 0.15) is 5.69 Å². The van der Waals surface area contributed by atoms with Crippen LogP contribution in [0, 0.1) is 0 Å². The number of carbonyl (C=O) groups excluding carboxylic acids is 2. The summed E-state index contributed by atoms with van der Waals surface area (Å²) in [5.41, 5.74) is 0.885. The van der Waals surface area contributed by atoms with Crippen molar-refractivity contribution in [2.24, 2.45) is 0 Å². The van der Waals surface area contributed by atoms with E-state index in [0.29, 0.717) is 24.5 Å². The molecule has 1 aliphatic heterocycles. The minimum atomic E-state index is -0.194. The predicted molar refractivity (Wildman–Crippen MR) is 99.4 cm³/mol. The van der Waals surface area contributed by atoms with Crippen molar-refractivity contribution in [3.8, 4) is 0 Å². The Morgan fingerprint density at radius 3 is 2.60 bits per heavy atom. The fourth-order valence-electron chi connectivity index (χ4n) is 2.64. The van der Waals surface area contributed by atoms with Crippen molar-refractivity contribution in [1.82, 2.24) is 14.8 Å². The minimum absolute atomic E-state index is 0.153. The number of thiophene rings is 1. The third-order valence-electron chi connectivity index (χ3n) is 4.02. The van der Waals surface area contributed by atoms with E-state index in [1.807, 2.05) is 6.07 Å². The topological polar surface area (TPSA) is 68.8 Å². The quantitative estimate of drug-likeness (QED) is 0.912. The van der Waals surface area contributed by atoms with Crippen LogP contribution in [-0.2, 0) is 0 Å². The van der Waals surface area contributed by atoms with Gasteiger partial charge in [0.15, 0.2) is 0 Å². The number of nitrogens with zero attached hydrogens (tertiary/aromatic N) is 4. The van der Waals surface area contributed by atoms with Crippen LogP contribution in [0.1, 0.15) is 10.5 Å². The SMILES string of the molecule is CN(C)C(=O)c1cc(NC(=O)N2CCN(c3cccs3)CC2)ccn1. The summed E-state index contributed by atoms with van der Waals surface area (Å²) in [6.45, 7) is 2.96. The van der Waals surface area contributed by atoms with Crippen molar-refractivity contribution in [3.05, 3.63) is 41.5 Å². The van der Waals surface area contributed by atoms with Gasteiger partial charge in [-0.1, -0.05) is 0 Å². The van der Waals surface area contributed by atoms with E-state index in [4.69, 9.17) is 0 Å². The maximum absolute atomic E-state index is 12.5. The van der Waals surface area contributed by atoms with Gasteiger partial charge in [0, 0.05) is 52.2 Å². The lowest BCUT2D eigenvalue weighted by Gasteiger charge is -2.35. The molecule has 7 nitrogen and oxygen atoms in total. The first-order valence-electron chi connectivity index (χ1n) is 8.06. The monoisotopic (exact) mass is 359 g/mol. The van der Waals surface area contributed by atoms with Gasteiger partial charge in [-0.25, -0.2) is 4.79 Å². The number of aromatic nitrogens is 1. The van der Waals surface area contributed by atoms with Gasteiger partial charge in [-0.15, -0.1) is 11.3 Å². The summed E-state index contributed by atoms with van der Waals surface area (Å²) in [4.78, 5) is 34.0. The number of urea groups is 1. The molecule has 0 saturated carbocycles. The number of piperazine rings is 1. The van der Waals surface area contributed by atoms with Crippen molar-refractivity contribution >= 4 is 34.0 Å². The Kier molecular flexibility index (Phi) is 5.18. The number of hydrogen-bond donors (Lipinski definition) is 1. The number of amides is 3. The highest BCUT2D eigenvalue weighted by atomic mass is 32.1. The smallest absolute Gasteiger partial charge is 0.321 e. The molecule has 1 saturated heterocycles. The molecule has 3 heterocycles. The molecule has 0 spiro atoms. The van der Waals surface area contributed by atoms with E-state index in [9.17, 15) is 9.59 Å². The second-order valence-corrected chi connectivity index (χ2v) is 6.91. The molecule has 2 aromatic heterocycles. The van der Waals surface area contributed by atoms with Gasteiger partial charge in [0.25, 0.3) is 5.91 Å². The van der Waals surface area contributed by atoms with Crippen molar-refractivity contribution in [2.75, 3.05) is 50.5 Å². The summed E-state index contributed by atoms with van der Waals surface area (Å²) in [5.74, 6) is -0.194. The van der Waals surface area contributed by atoms with Crippen LogP contribution >= 0.6 is 11.3 Å². The lowest BCUT2D eigenvalue weighted by molar-refractivity contribution is 0.0822. The predicted octanol–water partition coefficient (Wildman–Crippen LogP) is 2.20. The van der Waals surface area contributed by atoms with E-state index < -0.39 is 0 Å². The molecule has 8 heteroatoms. The molecule has 3 rings (SSSR count). The van der Waals surface area contributed by atoms with E-state index in [2.05, 4.69) is 26.6 Å². The maximum atomic E-state index is 12.5. The van der Waals surface area contributed by atoms with Gasteiger partial charge in [0.05, 0.1) is 5.00 Å². The van der Waals surface area contributed by atoms with Crippen LogP contribution in [0.3, 0.4) is 0 Å². The summed E-state index contributed by atoms with van der Waals surface area (Å²) in [6, 6.07) is 7.27. The molecule has 3 amide bonds. The van der Waals surface area contributed by atoms with Gasteiger partial charge in [0.2, 0.25) is 0 Å². The second kappa shape index (κ2) is 7.52. The van der Waals surface area contributed by atoms with Gasteiger partial charge >= 0.3 is 6.03 Å². The number of anilines is 2. The van der Waals surface area contributed by atoms with Crippen molar-refractivity contribution in [1.29, 1.82) is 0 Å². The fourth-order valence-corrected chi connectivity index (χ4v) is 3.42. The van der Waals surface area contributed by atoms with Crippen LogP contribution in [-0.4, -0.2) is 67.0 Å². The summed E-state index contributed by atoms with van der Waals surface area (Å²) in [7, 11) is 3.34. The number of hydrogen-bond acceptors (Lipinski definition) is 5. The van der Waals surface area contributed by atoms with Gasteiger partial charge in [-0.2, -0.15) is 0 Å². The molecular formula is C17H21N5O2S. The van der Waals surface area contributed by atoms with E-state index >= 15 is 0 Å². The molecule has 0 bridgehead atoms. The minimum Gasteiger partial charge on any atom is -0.360 e. The van der Waals surface area contributed by atoms with E-state index in [1.165, 1.54) is 16.1 Å². The Hall–Kier alpha value is -2.61. The van der Waals surface area contributed by atoms with Crippen LogP contribution in [0.4, 0.5) is 15.5 Å². The lowest BCUT2D eigenvalue weighted by atomic mass is 10.3. The third-order valence-corrected chi connectivity index (χ3v) is 4.95. The van der Waals surface area contributed by atoms with E-state index in [0.717, 1.165) is 13.1 Å². The van der Waals surface area contributed by atoms with Crippen molar-refractivity contribution < 1.29 is 9.59 Å². The van der Waals surface area contributed by atoms with E-state index in [-0.39, 0.29) is 11.9 Å². The molecule has 25 heavy (non-hydrogen) atoms. The van der Waals surface area contributed by atoms with Crippen LogP contribution in [0.15, 0.2) is 35.8 Å². The summed E-state index contributed by atoms with van der Waals surface area (Å²) in [5, 5.41) is 6.15. The number of nitrogens with one attached hydrogen (secondary N) is 1. The Morgan fingerprint density at radius 1 is 1.20 bits per heavy atom. The number of pyridine rings is 1. The molecule has 0 radical (unpaired) electrons. The highest BCUT2D eigenvalue weighted by molar-refractivity contribution is 7.14. The Bertz CT molecular complexity index is 739. The van der Waals surface area contributed by atoms with Gasteiger partial charge in [-0.05, 0) is 29.6 Å². The molecule has 0 atom stereocenters. The largest absolute Gasteiger partial charge is 0.360 e. The zero-order valence-electron chi connectivity index (χ0n) is 14.3. The first-order valence-corrected chi connectivity index (χ1v) is 8.94. The molecule has 1 N–H and O–H groups in total. The van der Waals surface area contributed by atoms with Gasteiger partial charge in [-0.3, -0.25) is 9.78 Å². The first-order chi connectivity index (χ1) is 12.0. The average Bonchev–Trinajstić information content (AvgIpc) is 3.16. The van der Waals surface area contributed by atoms with Crippen LogP contribution in [0.5, 0.6) is 0 Å². The molecule has 0 aliphatic carbocycles. The molecule has 0 unspecified atom stereocenters. The summed E-state index contributed by atoms with van der Waals surface area (Å²) >= 11 is 1.71. The lowest BCUT2D eigenvalue weighted by Crippen LogP contribution is -2.50. The standard InChI is InChI=1S/C17H21N5O2S/c1-20(2)16(23)14-12-13(5-6-18-14)19-17(24)22-9-7-21(8-10-22)15-4-3-11-25-15/h3-6,11-12H,7-10H2,1-2H3,(H,18,19,24). The molecule has 132 valence electrons. The average molecular weight is 359 g/mol. The third kappa shape index (κ3) is 4.08. The van der Waals surface area contributed by atoms with Gasteiger partial charge < -0.3 is 20.0 Å². The van der Waals surface area contributed by atoms with E-state index in [1.54, 1.807) is 42.5 Å². The Labute approximate surface area is 150 Å². The van der Waals surface area contributed by atoms with Crippen LogP contribution < -0.4 is 10.2 Å². The Balaban J connectivity index is 1.58. The molecule has 1 fully saturated rings. The Morgan fingerprint density at radius 2 is 1.96 bits per heavy atom. The summed E-state index contributed by atoms with van der Waals surface area (Å²) in [6.07, 6.45) is 1.53. The number of rotatable bonds is 3. The zero-order valence-corrected chi connectivity index (χ0v) is 15.1. The zero-order chi connectivity index (χ0) is 17.8. The molecule has 2 aromatic rings. The highest BCUT2D eigenvalue weighted by Gasteiger charge is 2.22. The fraction of sp³-hybridized carbons (Fsp3) is 0.353. The maximum Gasteiger partial charge on any atom is 0.321 e. The van der Waals surface area contributed by atoms with Crippen molar-refractivity contribution in [3.63, 3.8) is 0 Å². The van der Waals surface area contributed by atoms with Crippen LogP contribution in [0.2, 0.25) is 0 Å². The van der Waals surface area contributed by atoms with Crippen molar-refractivity contribution in [2.45, 2.75) is 0 Å². The molecule has 1 aliphatic rings. The highest BCUT2D eigenvalue weighted by Crippen LogP contribution is 2.22. The normalized spacial score (nSPS) is 14.3. The molecule has 0 aromatic carbocycles. The van der Waals surface area contributed by atoms with Crippen LogP contribution in [0.25, 0.3) is 0 Å². The summed E-state index contributed by atoms with van der Waals surface area (Å²) < 4.78 is 0. The second-order valence-electron chi connectivity index (χ2n) is 5.98. The molecular weight excluding hydrogens is 338 g/mol. The first kappa shape index (κ1) is 17.2.